The number of benzene rings is 2. The van der Waals surface area contributed by atoms with Gasteiger partial charge in [0.15, 0.2) is 0 Å². The number of ether oxygens (including phenoxy) is 2. The first-order valence-corrected chi connectivity index (χ1v) is 9.42. The van der Waals surface area contributed by atoms with Gasteiger partial charge >= 0.3 is 0 Å². The van der Waals surface area contributed by atoms with E-state index in [9.17, 15) is 4.39 Å². The van der Waals surface area contributed by atoms with Gasteiger partial charge in [0.05, 0.1) is 19.8 Å². The number of hydrogen-bond donors (Lipinski definition) is 1. The standard InChI is InChI=1S/C23H23FN2O2/c1-27-21-6-7-22-18(11-21)8-9-28-23(22)15-26-13-16-10-19(14-25-12-16)17-2-4-20(24)5-3-17/h2-7,10-12,14,23,26H,8-9,13,15H2,1H3. The first-order chi connectivity index (χ1) is 13.7. The molecule has 1 aliphatic heterocycles. The van der Waals surface area contributed by atoms with Crippen molar-refractivity contribution in [3.8, 4) is 16.9 Å². The zero-order chi connectivity index (χ0) is 19.3. The molecular formula is C23H23FN2O2. The van der Waals surface area contributed by atoms with Crippen molar-refractivity contribution in [3.63, 3.8) is 0 Å². The van der Waals surface area contributed by atoms with Gasteiger partial charge in [-0.3, -0.25) is 4.98 Å². The van der Waals surface area contributed by atoms with Crippen LogP contribution in [0.2, 0.25) is 0 Å². The average molecular weight is 378 g/mol. The molecule has 28 heavy (non-hydrogen) atoms. The van der Waals surface area contributed by atoms with Crippen LogP contribution >= 0.6 is 0 Å². The highest BCUT2D eigenvalue weighted by atomic mass is 19.1. The largest absolute Gasteiger partial charge is 0.497 e. The molecule has 0 aliphatic carbocycles. The van der Waals surface area contributed by atoms with Gasteiger partial charge in [0.25, 0.3) is 0 Å². The molecular weight excluding hydrogens is 355 g/mol. The summed E-state index contributed by atoms with van der Waals surface area (Å²) in [5, 5.41) is 3.47. The number of nitrogens with one attached hydrogen (secondary N) is 1. The Labute approximate surface area is 164 Å². The maximum absolute atomic E-state index is 13.1. The van der Waals surface area contributed by atoms with Gasteiger partial charge in [-0.1, -0.05) is 18.2 Å². The molecule has 3 aromatic rings. The van der Waals surface area contributed by atoms with E-state index < -0.39 is 0 Å². The summed E-state index contributed by atoms with van der Waals surface area (Å²) < 4.78 is 24.4. The molecule has 144 valence electrons. The molecule has 1 N–H and O–H groups in total. The lowest BCUT2D eigenvalue weighted by molar-refractivity contribution is 0.0422. The van der Waals surface area contributed by atoms with Crippen molar-refractivity contribution in [2.75, 3.05) is 20.3 Å². The molecule has 0 radical (unpaired) electrons. The molecule has 4 nitrogen and oxygen atoms in total. The van der Waals surface area contributed by atoms with Crippen molar-refractivity contribution in [2.45, 2.75) is 19.1 Å². The highest BCUT2D eigenvalue weighted by Gasteiger charge is 2.21. The monoisotopic (exact) mass is 378 g/mol. The van der Waals surface area contributed by atoms with Gasteiger partial charge in [-0.2, -0.15) is 0 Å². The van der Waals surface area contributed by atoms with Gasteiger partial charge in [-0.15, -0.1) is 0 Å². The minimum absolute atomic E-state index is 0.0305. The molecule has 4 rings (SSSR count). The second-order valence-electron chi connectivity index (χ2n) is 6.89. The zero-order valence-corrected chi connectivity index (χ0v) is 15.8. The molecule has 1 aliphatic rings. The summed E-state index contributed by atoms with van der Waals surface area (Å²) in [5.74, 6) is 0.649. The maximum Gasteiger partial charge on any atom is 0.123 e. The molecule has 0 spiro atoms. The Hall–Kier alpha value is -2.76. The first-order valence-electron chi connectivity index (χ1n) is 9.42. The van der Waals surface area contributed by atoms with Crippen LogP contribution in [0.1, 0.15) is 22.8 Å². The third-order valence-electron chi connectivity index (χ3n) is 5.02. The fourth-order valence-electron chi connectivity index (χ4n) is 3.54. The van der Waals surface area contributed by atoms with Crippen LogP contribution in [0.15, 0.2) is 60.9 Å². The molecule has 2 heterocycles. The summed E-state index contributed by atoms with van der Waals surface area (Å²) in [5.41, 5.74) is 5.52. The Morgan fingerprint density at radius 3 is 2.79 bits per heavy atom. The number of rotatable bonds is 6. The van der Waals surface area contributed by atoms with Crippen molar-refractivity contribution >= 4 is 0 Å². The fourth-order valence-corrected chi connectivity index (χ4v) is 3.54. The van der Waals surface area contributed by atoms with Gasteiger partial charge in [-0.25, -0.2) is 4.39 Å². The van der Waals surface area contributed by atoms with E-state index in [4.69, 9.17) is 9.47 Å². The topological polar surface area (TPSA) is 43.4 Å². The number of methoxy groups -OCH3 is 1. The van der Waals surface area contributed by atoms with Crippen LogP contribution in [0.3, 0.4) is 0 Å². The predicted octanol–water partition coefficient (Wildman–Crippen LogP) is 4.30. The van der Waals surface area contributed by atoms with Gasteiger partial charge in [0.1, 0.15) is 11.6 Å². The van der Waals surface area contributed by atoms with Crippen LogP contribution in [-0.2, 0) is 17.7 Å². The van der Waals surface area contributed by atoms with Crippen LogP contribution in [0.5, 0.6) is 5.75 Å². The highest BCUT2D eigenvalue weighted by Crippen LogP contribution is 2.29. The molecule has 1 unspecified atom stereocenters. The number of nitrogens with zero attached hydrogens (tertiary/aromatic N) is 1. The quantitative estimate of drug-likeness (QED) is 0.695. The second kappa shape index (κ2) is 8.50. The molecule has 0 fully saturated rings. The average Bonchev–Trinajstić information content (AvgIpc) is 2.74. The van der Waals surface area contributed by atoms with Crippen LogP contribution in [-0.4, -0.2) is 25.2 Å². The van der Waals surface area contributed by atoms with E-state index >= 15 is 0 Å². The lowest BCUT2D eigenvalue weighted by atomic mass is 9.97. The fraction of sp³-hybridized carbons (Fsp3) is 0.261. The smallest absolute Gasteiger partial charge is 0.123 e. The highest BCUT2D eigenvalue weighted by molar-refractivity contribution is 5.62. The van der Waals surface area contributed by atoms with Crippen LogP contribution < -0.4 is 10.1 Å². The minimum atomic E-state index is -0.236. The van der Waals surface area contributed by atoms with Crippen LogP contribution in [0, 0.1) is 5.82 Å². The number of hydrogen-bond acceptors (Lipinski definition) is 4. The first kappa shape index (κ1) is 18.6. The lowest BCUT2D eigenvalue weighted by Gasteiger charge is -2.26. The Morgan fingerprint density at radius 2 is 1.96 bits per heavy atom. The molecule has 0 saturated carbocycles. The molecule has 0 bridgehead atoms. The Bertz CT molecular complexity index is 944. The molecule has 1 aromatic heterocycles. The third-order valence-corrected chi connectivity index (χ3v) is 5.02. The van der Waals surface area contributed by atoms with Gasteiger partial charge in [-0.05, 0) is 59.0 Å². The summed E-state index contributed by atoms with van der Waals surface area (Å²) in [4.78, 5) is 4.33. The normalized spacial score (nSPS) is 15.9. The van der Waals surface area contributed by atoms with Crippen molar-refractivity contribution in [1.29, 1.82) is 0 Å². The van der Waals surface area contributed by atoms with Gasteiger partial charge in [0, 0.05) is 31.0 Å². The summed E-state index contributed by atoms with van der Waals surface area (Å²) in [6, 6.07) is 14.7. The summed E-state index contributed by atoms with van der Waals surface area (Å²) in [6.45, 7) is 2.13. The summed E-state index contributed by atoms with van der Waals surface area (Å²) in [6.07, 6.45) is 4.58. The second-order valence-corrected chi connectivity index (χ2v) is 6.89. The Balaban J connectivity index is 1.40. The predicted molar refractivity (Wildman–Crippen MR) is 107 cm³/mol. The van der Waals surface area contributed by atoms with Crippen LogP contribution in [0.25, 0.3) is 11.1 Å². The number of pyridine rings is 1. The van der Waals surface area contributed by atoms with E-state index in [0.29, 0.717) is 13.2 Å². The van der Waals surface area contributed by atoms with E-state index in [1.807, 2.05) is 12.3 Å². The SMILES string of the molecule is COc1ccc2c(c1)CCOC2CNCc1cncc(-c2ccc(F)cc2)c1. The summed E-state index contributed by atoms with van der Waals surface area (Å²) >= 11 is 0. The lowest BCUT2D eigenvalue weighted by Crippen LogP contribution is -2.27. The van der Waals surface area contributed by atoms with E-state index in [1.54, 1.807) is 25.4 Å². The van der Waals surface area contributed by atoms with Crippen LogP contribution in [0.4, 0.5) is 4.39 Å². The molecule has 5 heteroatoms. The number of aromatic nitrogens is 1. The van der Waals surface area contributed by atoms with E-state index in [1.165, 1.54) is 23.3 Å². The van der Waals surface area contributed by atoms with Gasteiger partial charge < -0.3 is 14.8 Å². The molecule has 0 amide bonds. The molecule has 1 atom stereocenters. The van der Waals surface area contributed by atoms with Gasteiger partial charge in [0.2, 0.25) is 0 Å². The Kier molecular flexibility index (Phi) is 5.65. The maximum atomic E-state index is 13.1. The van der Waals surface area contributed by atoms with Crippen molar-refractivity contribution in [1.82, 2.24) is 10.3 Å². The van der Waals surface area contributed by atoms with Crippen molar-refractivity contribution in [3.05, 3.63) is 83.4 Å². The Morgan fingerprint density at radius 1 is 1.11 bits per heavy atom. The molecule has 0 saturated heterocycles. The zero-order valence-electron chi connectivity index (χ0n) is 15.8. The third kappa shape index (κ3) is 4.21. The van der Waals surface area contributed by atoms with E-state index in [2.05, 4.69) is 28.5 Å². The van der Waals surface area contributed by atoms with Crippen molar-refractivity contribution < 1.29 is 13.9 Å². The summed E-state index contributed by atoms with van der Waals surface area (Å²) in [7, 11) is 1.69. The number of halogens is 1. The van der Waals surface area contributed by atoms with E-state index in [-0.39, 0.29) is 11.9 Å². The van der Waals surface area contributed by atoms with E-state index in [0.717, 1.165) is 35.4 Å². The number of fused-ring (bicyclic) bond motifs is 1. The van der Waals surface area contributed by atoms with Crippen molar-refractivity contribution in [2.24, 2.45) is 0 Å². The molecule has 2 aromatic carbocycles. The minimum Gasteiger partial charge on any atom is -0.497 e.